The molecule has 0 saturated heterocycles. The van der Waals surface area contributed by atoms with E-state index in [0.29, 0.717) is 21.8 Å². The summed E-state index contributed by atoms with van der Waals surface area (Å²) in [5.41, 5.74) is 3.22. The summed E-state index contributed by atoms with van der Waals surface area (Å²) >= 11 is 6.09. The summed E-state index contributed by atoms with van der Waals surface area (Å²) in [5, 5.41) is 6.42. The van der Waals surface area contributed by atoms with E-state index in [1.165, 1.54) is 6.08 Å². The topological polar surface area (TPSA) is 58.2 Å². The summed E-state index contributed by atoms with van der Waals surface area (Å²) < 4.78 is 0. The minimum absolute atomic E-state index is 0.140. The predicted molar refractivity (Wildman–Crippen MR) is 115 cm³/mol. The number of hydrogen-bond acceptors (Lipinski definition) is 3. The zero-order valence-corrected chi connectivity index (χ0v) is 16.0. The highest BCUT2D eigenvalue weighted by Gasteiger charge is 2.10. The standard InChI is InChI=1S/C23H19ClN2O2/c1-25-21-9-5-3-7-19(21)23(28)26-18-13-10-17(11-14-18)22(27)15-12-16-6-2-4-8-20(16)24/h2-15,25H,1H3,(H,26,28)/b15-12+. The maximum Gasteiger partial charge on any atom is 0.257 e. The number of halogens is 1. The number of hydrogen-bond donors (Lipinski definition) is 2. The number of benzene rings is 3. The van der Waals surface area contributed by atoms with Gasteiger partial charge < -0.3 is 10.6 Å². The van der Waals surface area contributed by atoms with Gasteiger partial charge in [-0.15, -0.1) is 0 Å². The first-order valence-corrected chi connectivity index (χ1v) is 9.11. The average molecular weight is 391 g/mol. The van der Waals surface area contributed by atoms with Gasteiger partial charge in [-0.1, -0.05) is 41.9 Å². The number of carbonyl (C=O) groups excluding carboxylic acids is 2. The molecule has 28 heavy (non-hydrogen) atoms. The lowest BCUT2D eigenvalue weighted by atomic mass is 10.1. The number of anilines is 2. The van der Waals surface area contributed by atoms with E-state index in [1.807, 2.05) is 36.4 Å². The molecule has 5 heteroatoms. The monoisotopic (exact) mass is 390 g/mol. The lowest BCUT2D eigenvalue weighted by molar-refractivity contribution is 0.102. The van der Waals surface area contributed by atoms with Crippen molar-refractivity contribution in [1.82, 2.24) is 0 Å². The molecule has 2 N–H and O–H groups in total. The maximum atomic E-state index is 12.5. The van der Waals surface area contributed by atoms with Crippen molar-refractivity contribution in [1.29, 1.82) is 0 Å². The molecule has 0 heterocycles. The van der Waals surface area contributed by atoms with E-state index < -0.39 is 0 Å². The van der Waals surface area contributed by atoms with Crippen molar-refractivity contribution in [3.8, 4) is 0 Å². The van der Waals surface area contributed by atoms with Crippen molar-refractivity contribution in [3.05, 3.63) is 101 Å². The molecule has 0 aromatic heterocycles. The Hall–Kier alpha value is -3.37. The molecule has 0 radical (unpaired) electrons. The van der Waals surface area contributed by atoms with Crippen LogP contribution in [0.3, 0.4) is 0 Å². The van der Waals surface area contributed by atoms with Crippen molar-refractivity contribution < 1.29 is 9.59 Å². The number of amides is 1. The van der Waals surface area contributed by atoms with Gasteiger partial charge in [0.05, 0.1) is 5.56 Å². The lowest BCUT2D eigenvalue weighted by Crippen LogP contribution is -2.14. The van der Waals surface area contributed by atoms with E-state index in [2.05, 4.69) is 10.6 Å². The molecule has 1 amide bonds. The highest BCUT2D eigenvalue weighted by atomic mass is 35.5. The quantitative estimate of drug-likeness (QED) is 0.429. The molecule has 0 aliphatic rings. The molecule has 0 aliphatic carbocycles. The van der Waals surface area contributed by atoms with Crippen LogP contribution in [0.5, 0.6) is 0 Å². The van der Waals surface area contributed by atoms with Crippen molar-refractivity contribution in [2.45, 2.75) is 0 Å². The molecular weight excluding hydrogens is 372 g/mol. The van der Waals surface area contributed by atoms with Crippen LogP contribution in [-0.4, -0.2) is 18.7 Å². The van der Waals surface area contributed by atoms with Crippen LogP contribution in [0, 0.1) is 0 Å². The molecule has 0 unspecified atom stereocenters. The molecule has 0 fully saturated rings. The summed E-state index contributed by atoms with van der Waals surface area (Å²) in [6.45, 7) is 0. The van der Waals surface area contributed by atoms with Gasteiger partial charge in [-0.2, -0.15) is 0 Å². The maximum absolute atomic E-state index is 12.5. The summed E-state index contributed by atoms with van der Waals surface area (Å²) in [7, 11) is 1.77. The average Bonchev–Trinajstić information content (AvgIpc) is 2.73. The number of carbonyl (C=O) groups is 2. The van der Waals surface area contributed by atoms with Crippen LogP contribution in [-0.2, 0) is 0 Å². The van der Waals surface area contributed by atoms with Gasteiger partial charge in [-0.05, 0) is 60.2 Å². The second kappa shape index (κ2) is 9.02. The Morgan fingerprint density at radius 1 is 0.893 bits per heavy atom. The first-order chi connectivity index (χ1) is 13.6. The van der Waals surface area contributed by atoms with Crippen molar-refractivity contribution in [2.75, 3.05) is 17.7 Å². The van der Waals surface area contributed by atoms with Gasteiger partial charge in [0.25, 0.3) is 5.91 Å². The predicted octanol–water partition coefficient (Wildman–Crippen LogP) is 5.53. The van der Waals surface area contributed by atoms with Gasteiger partial charge in [0, 0.05) is 29.0 Å². The number of ketones is 1. The van der Waals surface area contributed by atoms with E-state index in [1.54, 1.807) is 49.5 Å². The molecular formula is C23H19ClN2O2. The van der Waals surface area contributed by atoms with Gasteiger partial charge in [0.15, 0.2) is 5.78 Å². The van der Waals surface area contributed by atoms with Crippen molar-refractivity contribution in [3.63, 3.8) is 0 Å². The molecule has 0 bridgehead atoms. The van der Waals surface area contributed by atoms with E-state index in [-0.39, 0.29) is 11.7 Å². The largest absolute Gasteiger partial charge is 0.387 e. The fourth-order valence-electron chi connectivity index (χ4n) is 2.69. The van der Waals surface area contributed by atoms with Crippen LogP contribution in [0.25, 0.3) is 6.08 Å². The smallest absolute Gasteiger partial charge is 0.257 e. The van der Waals surface area contributed by atoms with Gasteiger partial charge >= 0.3 is 0 Å². The third kappa shape index (κ3) is 4.67. The number of rotatable bonds is 6. The summed E-state index contributed by atoms with van der Waals surface area (Å²) in [4.78, 5) is 24.8. The van der Waals surface area contributed by atoms with E-state index in [4.69, 9.17) is 11.6 Å². The molecule has 0 atom stereocenters. The molecule has 0 spiro atoms. The SMILES string of the molecule is CNc1ccccc1C(=O)Nc1ccc(C(=O)/C=C/c2ccccc2Cl)cc1. The number of nitrogens with one attached hydrogen (secondary N) is 2. The minimum atomic E-state index is -0.220. The van der Waals surface area contributed by atoms with Crippen molar-refractivity contribution in [2.24, 2.45) is 0 Å². The van der Waals surface area contributed by atoms with Crippen molar-refractivity contribution >= 4 is 40.7 Å². The fraction of sp³-hybridized carbons (Fsp3) is 0.0435. The zero-order valence-electron chi connectivity index (χ0n) is 15.3. The molecule has 3 aromatic rings. The van der Waals surface area contributed by atoms with Gasteiger partial charge in [-0.3, -0.25) is 9.59 Å². The second-order valence-electron chi connectivity index (χ2n) is 6.05. The molecule has 0 aliphatic heterocycles. The summed E-state index contributed by atoms with van der Waals surface area (Å²) in [5.74, 6) is -0.360. The molecule has 0 saturated carbocycles. The highest BCUT2D eigenvalue weighted by molar-refractivity contribution is 6.32. The third-order valence-corrected chi connectivity index (χ3v) is 4.53. The second-order valence-corrected chi connectivity index (χ2v) is 6.45. The third-order valence-electron chi connectivity index (χ3n) is 4.19. The van der Waals surface area contributed by atoms with E-state index in [9.17, 15) is 9.59 Å². The van der Waals surface area contributed by atoms with Gasteiger partial charge in [-0.25, -0.2) is 0 Å². The van der Waals surface area contributed by atoms with Crippen LogP contribution in [0.4, 0.5) is 11.4 Å². The van der Waals surface area contributed by atoms with Gasteiger partial charge in [0.2, 0.25) is 0 Å². The van der Waals surface area contributed by atoms with Crippen LogP contribution >= 0.6 is 11.6 Å². The molecule has 140 valence electrons. The molecule has 3 rings (SSSR count). The minimum Gasteiger partial charge on any atom is -0.387 e. The Bertz CT molecular complexity index is 1030. The Kier molecular flexibility index (Phi) is 6.25. The lowest BCUT2D eigenvalue weighted by Gasteiger charge is -2.10. The molecule has 4 nitrogen and oxygen atoms in total. The highest BCUT2D eigenvalue weighted by Crippen LogP contribution is 2.19. The van der Waals surface area contributed by atoms with E-state index >= 15 is 0 Å². The summed E-state index contributed by atoms with van der Waals surface area (Å²) in [6, 6.07) is 21.3. The number of allylic oxidation sites excluding steroid dienone is 1. The van der Waals surface area contributed by atoms with Crippen LogP contribution in [0.1, 0.15) is 26.3 Å². The first kappa shape index (κ1) is 19.4. The summed E-state index contributed by atoms with van der Waals surface area (Å²) in [6.07, 6.45) is 3.17. The fourth-order valence-corrected chi connectivity index (χ4v) is 2.89. The Labute approximate surface area is 168 Å². The van der Waals surface area contributed by atoms with Crippen LogP contribution in [0.15, 0.2) is 78.9 Å². The Morgan fingerprint density at radius 3 is 2.29 bits per heavy atom. The number of para-hydroxylation sites is 1. The van der Waals surface area contributed by atoms with Crippen LogP contribution < -0.4 is 10.6 Å². The van der Waals surface area contributed by atoms with Gasteiger partial charge in [0.1, 0.15) is 0 Å². The Morgan fingerprint density at radius 2 is 1.57 bits per heavy atom. The Balaban J connectivity index is 1.68. The molecule has 3 aromatic carbocycles. The zero-order chi connectivity index (χ0) is 19.9. The van der Waals surface area contributed by atoms with E-state index in [0.717, 1.165) is 11.3 Å². The van der Waals surface area contributed by atoms with Crippen LogP contribution in [0.2, 0.25) is 5.02 Å². The normalized spacial score (nSPS) is 10.6. The first-order valence-electron chi connectivity index (χ1n) is 8.73.